The second kappa shape index (κ2) is 9.87. The Kier molecular flexibility index (Phi) is 8.35. The molecule has 192 valence electrons. The van der Waals surface area contributed by atoms with Gasteiger partial charge >= 0.3 is 6.09 Å². The van der Waals surface area contributed by atoms with Crippen molar-refractivity contribution in [2.75, 3.05) is 6.61 Å². The standard InChI is InChI=1S/C26H45NO5Si2/c1-18(28)21-22(33(8,9)19-15-13-12-14-16-19)20(17-31-34(10,11)26(5,6)7)27(23(21)29)24(30)32-25(2,3)4/h12-16,18,20-22,28H,17H2,1-11H3/t18-,20-,21+,22-/m1/s1. The summed E-state index contributed by atoms with van der Waals surface area (Å²) in [6.45, 7) is 22.5. The minimum atomic E-state index is -2.36. The van der Waals surface area contributed by atoms with Crippen LogP contribution in [0.5, 0.6) is 0 Å². The number of aliphatic hydroxyl groups excluding tert-OH is 1. The number of rotatable bonds is 6. The highest BCUT2D eigenvalue weighted by atomic mass is 28.4. The largest absolute Gasteiger partial charge is 0.443 e. The Morgan fingerprint density at radius 3 is 2.03 bits per heavy atom. The smallest absolute Gasteiger partial charge is 0.417 e. The third kappa shape index (κ3) is 6.01. The number of carbonyl (C=O) groups excluding carboxylic acids is 2. The van der Waals surface area contributed by atoms with Crippen LogP contribution in [0, 0.1) is 5.92 Å². The van der Waals surface area contributed by atoms with Crippen LogP contribution in [0.25, 0.3) is 0 Å². The van der Waals surface area contributed by atoms with Gasteiger partial charge in [0.1, 0.15) is 5.60 Å². The fourth-order valence-electron chi connectivity index (χ4n) is 4.60. The molecule has 1 aliphatic rings. The van der Waals surface area contributed by atoms with E-state index in [9.17, 15) is 14.7 Å². The lowest BCUT2D eigenvalue weighted by Gasteiger charge is -2.41. The molecule has 2 amide bonds. The molecule has 1 aromatic rings. The number of aliphatic hydroxyl groups is 1. The number of benzene rings is 1. The molecule has 1 N–H and O–H groups in total. The summed E-state index contributed by atoms with van der Waals surface area (Å²) in [5, 5.41) is 12.0. The van der Waals surface area contributed by atoms with Crippen LogP contribution in [0.15, 0.2) is 30.3 Å². The van der Waals surface area contributed by atoms with Gasteiger partial charge in [-0.2, -0.15) is 0 Å². The molecule has 0 spiro atoms. The molecule has 0 saturated carbocycles. The Labute approximate surface area is 208 Å². The van der Waals surface area contributed by atoms with Crippen molar-refractivity contribution in [3.8, 4) is 0 Å². The summed E-state index contributed by atoms with van der Waals surface area (Å²) < 4.78 is 12.3. The van der Waals surface area contributed by atoms with Crippen molar-refractivity contribution in [2.24, 2.45) is 5.92 Å². The summed E-state index contributed by atoms with van der Waals surface area (Å²) in [4.78, 5) is 28.4. The first-order valence-corrected chi connectivity index (χ1v) is 18.2. The van der Waals surface area contributed by atoms with Crippen molar-refractivity contribution >= 4 is 33.6 Å². The summed E-state index contributed by atoms with van der Waals surface area (Å²) in [5.74, 6) is -1.06. The average molecular weight is 508 g/mol. The van der Waals surface area contributed by atoms with Crippen LogP contribution in [0.2, 0.25) is 36.8 Å². The molecule has 4 atom stereocenters. The number of likely N-dealkylation sites (tertiary alicyclic amines) is 1. The highest BCUT2D eigenvalue weighted by molar-refractivity contribution is 6.91. The SMILES string of the molecule is C[C@@H](O)[C@@H]1C(=O)N(C(=O)OC(C)(C)C)[C@H](CO[Si](C)(C)C(C)(C)C)[C@H]1[Si](C)(C)c1ccccc1. The van der Waals surface area contributed by atoms with Crippen LogP contribution in [0.4, 0.5) is 4.79 Å². The van der Waals surface area contributed by atoms with Gasteiger partial charge in [0.2, 0.25) is 5.91 Å². The zero-order valence-electron chi connectivity index (χ0n) is 22.9. The van der Waals surface area contributed by atoms with Crippen molar-refractivity contribution in [3.05, 3.63) is 30.3 Å². The van der Waals surface area contributed by atoms with E-state index in [0.717, 1.165) is 0 Å². The van der Waals surface area contributed by atoms with E-state index < -0.39 is 46.1 Å². The Morgan fingerprint density at radius 1 is 1.06 bits per heavy atom. The van der Waals surface area contributed by atoms with Gasteiger partial charge in [0.15, 0.2) is 8.32 Å². The van der Waals surface area contributed by atoms with Crippen LogP contribution in [0.3, 0.4) is 0 Å². The first-order valence-electron chi connectivity index (χ1n) is 12.2. The fourth-order valence-corrected chi connectivity index (χ4v) is 9.58. The quantitative estimate of drug-likeness (QED) is 0.540. The molecule has 8 heteroatoms. The van der Waals surface area contributed by atoms with Crippen molar-refractivity contribution in [2.45, 2.75) is 103 Å². The third-order valence-corrected chi connectivity index (χ3v) is 16.3. The monoisotopic (exact) mass is 507 g/mol. The van der Waals surface area contributed by atoms with Gasteiger partial charge in [-0.15, -0.1) is 0 Å². The summed E-state index contributed by atoms with van der Waals surface area (Å²) in [5.41, 5.74) is -0.966. The molecule has 1 fully saturated rings. The van der Waals surface area contributed by atoms with E-state index in [1.807, 2.05) is 18.2 Å². The van der Waals surface area contributed by atoms with E-state index in [1.54, 1.807) is 27.7 Å². The lowest BCUT2D eigenvalue weighted by Crippen LogP contribution is -2.55. The second-order valence-electron chi connectivity index (χ2n) is 12.7. The molecular formula is C26H45NO5Si2. The Hall–Kier alpha value is -1.49. The molecule has 34 heavy (non-hydrogen) atoms. The number of nitrogens with zero attached hydrogens (tertiary/aromatic N) is 1. The summed E-state index contributed by atoms with van der Waals surface area (Å²) in [6, 6.07) is 9.68. The molecule has 1 aromatic carbocycles. The highest BCUT2D eigenvalue weighted by Crippen LogP contribution is 2.46. The predicted octanol–water partition coefficient (Wildman–Crippen LogP) is 5.14. The zero-order valence-corrected chi connectivity index (χ0v) is 24.9. The number of carbonyl (C=O) groups is 2. The van der Waals surface area contributed by atoms with Gasteiger partial charge in [0.05, 0.1) is 32.7 Å². The van der Waals surface area contributed by atoms with E-state index >= 15 is 0 Å². The minimum absolute atomic E-state index is 0.0160. The Balaban J connectivity index is 2.61. The van der Waals surface area contributed by atoms with Crippen LogP contribution >= 0.6 is 0 Å². The molecule has 0 radical (unpaired) electrons. The number of hydrogen-bond acceptors (Lipinski definition) is 5. The lowest BCUT2D eigenvalue weighted by atomic mass is 9.99. The molecular weight excluding hydrogens is 462 g/mol. The van der Waals surface area contributed by atoms with Gasteiger partial charge in [0.25, 0.3) is 0 Å². The van der Waals surface area contributed by atoms with Crippen LogP contribution in [-0.2, 0) is 14.0 Å². The van der Waals surface area contributed by atoms with Gasteiger partial charge in [-0.05, 0) is 51.4 Å². The maximum absolute atomic E-state index is 13.7. The minimum Gasteiger partial charge on any atom is -0.443 e. The van der Waals surface area contributed by atoms with Crippen LogP contribution < -0.4 is 5.19 Å². The Bertz CT molecular complexity index is 871. The highest BCUT2D eigenvalue weighted by Gasteiger charge is 2.59. The van der Waals surface area contributed by atoms with Gasteiger partial charge in [-0.1, -0.05) is 69.4 Å². The average Bonchev–Trinajstić information content (AvgIpc) is 2.98. The number of amides is 2. The molecule has 0 unspecified atom stereocenters. The lowest BCUT2D eigenvalue weighted by molar-refractivity contribution is -0.133. The number of imide groups is 1. The molecule has 6 nitrogen and oxygen atoms in total. The predicted molar refractivity (Wildman–Crippen MR) is 142 cm³/mol. The van der Waals surface area contributed by atoms with Gasteiger partial charge in [-0.3, -0.25) is 4.79 Å². The van der Waals surface area contributed by atoms with Gasteiger partial charge in [0, 0.05) is 0 Å². The summed E-state index contributed by atoms with van der Waals surface area (Å²) in [6.07, 6.45) is -1.55. The van der Waals surface area contributed by atoms with E-state index in [4.69, 9.17) is 9.16 Å². The van der Waals surface area contributed by atoms with Crippen LogP contribution in [0.1, 0.15) is 48.5 Å². The van der Waals surface area contributed by atoms with Gasteiger partial charge in [-0.25, -0.2) is 9.69 Å². The maximum atomic E-state index is 13.7. The van der Waals surface area contributed by atoms with Gasteiger partial charge < -0.3 is 14.3 Å². The van der Waals surface area contributed by atoms with E-state index in [0.29, 0.717) is 0 Å². The molecule has 2 rings (SSSR count). The van der Waals surface area contributed by atoms with Crippen molar-refractivity contribution < 1.29 is 23.9 Å². The molecule has 1 saturated heterocycles. The number of ether oxygens (including phenoxy) is 1. The van der Waals surface area contributed by atoms with Crippen molar-refractivity contribution in [3.63, 3.8) is 0 Å². The van der Waals surface area contributed by atoms with E-state index in [-0.39, 0.29) is 23.1 Å². The number of hydrogen-bond donors (Lipinski definition) is 1. The van der Waals surface area contributed by atoms with Crippen molar-refractivity contribution in [1.82, 2.24) is 4.90 Å². The second-order valence-corrected chi connectivity index (χ2v) is 22.2. The molecule has 1 heterocycles. The third-order valence-electron chi connectivity index (χ3n) is 7.54. The molecule has 1 aliphatic heterocycles. The van der Waals surface area contributed by atoms with E-state index in [2.05, 4.69) is 59.1 Å². The first-order chi connectivity index (χ1) is 15.3. The zero-order chi connectivity index (χ0) is 26.3. The topological polar surface area (TPSA) is 76.1 Å². The molecule has 0 aromatic heterocycles. The van der Waals surface area contributed by atoms with Crippen LogP contribution in [-0.4, -0.2) is 62.8 Å². The van der Waals surface area contributed by atoms with Crippen molar-refractivity contribution in [1.29, 1.82) is 0 Å². The Morgan fingerprint density at radius 2 is 1.59 bits per heavy atom. The maximum Gasteiger partial charge on any atom is 0.417 e. The molecule has 0 bridgehead atoms. The fraction of sp³-hybridized carbons (Fsp3) is 0.692. The summed E-state index contributed by atoms with van der Waals surface area (Å²) >= 11 is 0. The normalized spacial score (nSPS) is 23.2. The first kappa shape index (κ1) is 28.7. The molecule has 0 aliphatic carbocycles. The van der Waals surface area contributed by atoms with E-state index in [1.165, 1.54) is 10.1 Å². The summed E-state index contributed by atoms with van der Waals surface area (Å²) in [7, 11) is -4.52.